The molecular weight excluding hydrogens is 434 g/mol. The zero-order valence-corrected chi connectivity index (χ0v) is 20.1. The van der Waals surface area contributed by atoms with Crippen LogP contribution in [0.2, 0.25) is 0 Å². The minimum atomic E-state index is -0.443. The van der Waals surface area contributed by atoms with E-state index >= 15 is 0 Å². The molecule has 0 radical (unpaired) electrons. The number of aryl methyl sites for hydroxylation is 2. The molecule has 0 saturated carbocycles. The molecule has 0 saturated heterocycles. The molecule has 9 nitrogen and oxygen atoms in total. The molecule has 1 amide bonds. The van der Waals surface area contributed by atoms with Gasteiger partial charge < -0.3 is 14.6 Å². The number of H-pyrrole nitrogens is 1. The molecule has 0 spiro atoms. The van der Waals surface area contributed by atoms with Crippen molar-refractivity contribution in [1.29, 1.82) is 0 Å². The molecule has 1 aliphatic rings. The summed E-state index contributed by atoms with van der Waals surface area (Å²) in [7, 11) is 0. The number of ether oxygens (including phenoxy) is 1. The number of carbonyl (C=O) groups excluding carboxylic acids is 1. The number of para-hydroxylation sites is 1. The SMILES string of the molecule is CCCCn1c(=O)[nH]c(=O)c2c1nc(CCC(=O)NCC1Cc3ccccc3O1)n2CC(C)C. The highest BCUT2D eigenvalue weighted by molar-refractivity contribution is 5.76. The van der Waals surface area contributed by atoms with Gasteiger partial charge in [0.2, 0.25) is 5.91 Å². The van der Waals surface area contributed by atoms with Crippen LogP contribution in [0.25, 0.3) is 11.2 Å². The number of amides is 1. The molecule has 0 aliphatic carbocycles. The lowest BCUT2D eigenvalue weighted by Gasteiger charge is -2.13. The molecule has 34 heavy (non-hydrogen) atoms. The molecule has 182 valence electrons. The van der Waals surface area contributed by atoms with Crippen LogP contribution < -0.4 is 21.3 Å². The molecule has 1 atom stereocenters. The first-order valence-electron chi connectivity index (χ1n) is 12.1. The van der Waals surface area contributed by atoms with Crippen LogP contribution in [0.4, 0.5) is 0 Å². The quantitative estimate of drug-likeness (QED) is 0.476. The fourth-order valence-electron chi connectivity index (χ4n) is 4.40. The number of nitrogens with one attached hydrogen (secondary N) is 2. The predicted octanol–water partition coefficient (Wildman–Crippen LogP) is 2.39. The number of nitrogens with zero attached hydrogens (tertiary/aromatic N) is 3. The van der Waals surface area contributed by atoms with Crippen LogP contribution in [0.5, 0.6) is 5.75 Å². The Bertz CT molecular complexity index is 1260. The van der Waals surface area contributed by atoms with E-state index in [2.05, 4.69) is 29.1 Å². The zero-order valence-electron chi connectivity index (χ0n) is 20.1. The van der Waals surface area contributed by atoms with Crippen molar-refractivity contribution >= 4 is 17.1 Å². The van der Waals surface area contributed by atoms with Crippen LogP contribution in [0.15, 0.2) is 33.9 Å². The van der Waals surface area contributed by atoms with Gasteiger partial charge in [0, 0.05) is 32.4 Å². The summed E-state index contributed by atoms with van der Waals surface area (Å²) in [5.41, 5.74) is 1.08. The van der Waals surface area contributed by atoms with Crippen LogP contribution in [0.1, 0.15) is 51.4 Å². The van der Waals surface area contributed by atoms with E-state index in [1.807, 2.05) is 35.8 Å². The van der Waals surface area contributed by atoms with Crippen LogP contribution in [0.3, 0.4) is 0 Å². The van der Waals surface area contributed by atoms with E-state index in [1.165, 1.54) is 4.57 Å². The summed E-state index contributed by atoms with van der Waals surface area (Å²) in [6.45, 7) is 7.67. The van der Waals surface area contributed by atoms with Crippen LogP contribution in [0, 0.1) is 5.92 Å². The number of hydrogen-bond acceptors (Lipinski definition) is 5. The fraction of sp³-hybridized carbons (Fsp3) is 0.520. The molecule has 2 aromatic heterocycles. The topological polar surface area (TPSA) is 111 Å². The minimum Gasteiger partial charge on any atom is -0.488 e. The predicted molar refractivity (Wildman–Crippen MR) is 130 cm³/mol. The van der Waals surface area contributed by atoms with Crippen LogP contribution in [-0.4, -0.2) is 37.7 Å². The molecule has 4 rings (SSSR count). The smallest absolute Gasteiger partial charge is 0.330 e. The highest BCUT2D eigenvalue weighted by atomic mass is 16.5. The van der Waals surface area contributed by atoms with Gasteiger partial charge in [-0.1, -0.05) is 45.4 Å². The van der Waals surface area contributed by atoms with E-state index in [9.17, 15) is 14.4 Å². The summed E-state index contributed by atoms with van der Waals surface area (Å²) in [5, 5.41) is 2.96. The number of fused-ring (bicyclic) bond motifs is 2. The van der Waals surface area contributed by atoms with Gasteiger partial charge in [0.15, 0.2) is 11.2 Å². The Kier molecular flexibility index (Phi) is 7.19. The molecule has 3 aromatic rings. The van der Waals surface area contributed by atoms with Crippen molar-refractivity contribution in [2.45, 2.75) is 72.1 Å². The molecule has 9 heteroatoms. The molecular formula is C25H33N5O4. The van der Waals surface area contributed by atoms with Crippen LogP contribution >= 0.6 is 0 Å². The number of aromatic nitrogens is 4. The van der Waals surface area contributed by atoms with Gasteiger partial charge in [-0.3, -0.25) is 19.1 Å². The Morgan fingerprint density at radius 2 is 2.06 bits per heavy atom. The Hall–Kier alpha value is -3.36. The second kappa shape index (κ2) is 10.3. The largest absolute Gasteiger partial charge is 0.488 e. The number of benzene rings is 1. The monoisotopic (exact) mass is 467 g/mol. The molecule has 1 aliphatic heterocycles. The van der Waals surface area contributed by atoms with Crippen molar-refractivity contribution in [2.24, 2.45) is 5.92 Å². The zero-order chi connectivity index (χ0) is 24.2. The third-order valence-corrected chi connectivity index (χ3v) is 6.06. The number of imidazole rings is 1. The lowest BCUT2D eigenvalue weighted by Crippen LogP contribution is -2.34. The number of carbonyl (C=O) groups is 1. The number of unbranched alkanes of at least 4 members (excludes halogenated alkanes) is 1. The van der Waals surface area contributed by atoms with E-state index in [4.69, 9.17) is 4.74 Å². The van der Waals surface area contributed by atoms with Gasteiger partial charge >= 0.3 is 5.69 Å². The van der Waals surface area contributed by atoms with Crippen molar-refractivity contribution in [3.63, 3.8) is 0 Å². The summed E-state index contributed by atoms with van der Waals surface area (Å²) in [6.07, 6.45) is 3.04. The summed E-state index contributed by atoms with van der Waals surface area (Å²) in [6, 6.07) is 7.91. The maximum atomic E-state index is 12.7. The molecule has 1 aromatic carbocycles. The average Bonchev–Trinajstić information content (AvgIpc) is 3.37. The molecule has 0 bridgehead atoms. The summed E-state index contributed by atoms with van der Waals surface area (Å²) in [4.78, 5) is 44.9. The van der Waals surface area contributed by atoms with Crippen LogP contribution in [-0.2, 0) is 30.7 Å². The third kappa shape index (κ3) is 5.08. The van der Waals surface area contributed by atoms with Gasteiger partial charge in [-0.25, -0.2) is 9.78 Å². The van der Waals surface area contributed by atoms with Gasteiger partial charge in [-0.2, -0.15) is 0 Å². The summed E-state index contributed by atoms with van der Waals surface area (Å²) < 4.78 is 9.29. The Balaban J connectivity index is 1.48. The molecule has 0 fully saturated rings. The normalized spacial score (nSPS) is 15.0. The molecule has 3 heterocycles. The average molecular weight is 468 g/mol. The first kappa shape index (κ1) is 23.8. The highest BCUT2D eigenvalue weighted by Gasteiger charge is 2.23. The molecule has 2 N–H and O–H groups in total. The highest BCUT2D eigenvalue weighted by Crippen LogP contribution is 2.27. The van der Waals surface area contributed by atoms with E-state index in [0.29, 0.717) is 43.0 Å². The van der Waals surface area contributed by atoms with E-state index in [0.717, 1.165) is 30.6 Å². The van der Waals surface area contributed by atoms with Crippen molar-refractivity contribution in [1.82, 2.24) is 24.4 Å². The van der Waals surface area contributed by atoms with E-state index in [-0.39, 0.29) is 24.3 Å². The third-order valence-electron chi connectivity index (χ3n) is 6.06. The molecule has 1 unspecified atom stereocenters. The number of rotatable bonds is 10. The Morgan fingerprint density at radius 1 is 1.26 bits per heavy atom. The first-order chi connectivity index (χ1) is 16.4. The first-order valence-corrected chi connectivity index (χ1v) is 12.1. The van der Waals surface area contributed by atoms with Gasteiger partial charge in [-0.15, -0.1) is 0 Å². The Labute approximate surface area is 198 Å². The van der Waals surface area contributed by atoms with Gasteiger partial charge in [0.05, 0.1) is 6.54 Å². The van der Waals surface area contributed by atoms with Gasteiger partial charge in [0.1, 0.15) is 17.7 Å². The summed E-state index contributed by atoms with van der Waals surface area (Å²) in [5.74, 6) is 1.69. The second-order valence-electron chi connectivity index (χ2n) is 9.32. The van der Waals surface area contributed by atoms with Gasteiger partial charge in [0.25, 0.3) is 5.56 Å². The van der Waals surface area contributed by atoms with Crippen molar-refractivity contribution in [2.75, 3.05) is 6.54 Å². The maximum Gasteiger partial charge on any atom is 0.330 e. The number of hydrogen-bond donors (Lipinski definition) is 2. The fourth-order valence-corrected chi connectivity index (χ4v) is 4.40. The van der Waals surface area contributed by atoms with Crippen molar-refractivity contribution in [3.8, 4) is 5.75 Å². The van der Waals surface area contributed by atoms with Gasteiger partial charge in [-0.05, 0) is 24.0 Å². The van der Waals surface area contributed by atoms with Crippen molar-refractivity contribution in [3.05, 3.63) is 56.5 Å². The lowest BCUT2D eigenvalue weighted by atomic mass is 10.1. The summed E-state index contributed by atoms with van der Waals surface area (Å²) >= 11 is 0. The van der Waals surface area contributed by atoms with Crippen molar-refractivity contribution < 1.29 is 9.53 Å². The maximum absolute atomic E-state index is 12.7. The number of aromatic amines is 1. The minimum absolute atomic E-state index is 0.0709. The Morgan fingerprint density at radius 3 is 2.79 bits per heavy atom. The standard InChI is InChI=1S/C25H33N5O4/c1-4-5-12-29-23-22(24(32)28-25(29)33)30(15-16(2)3)20(27-23)10-11-21(31)26-14-18-13-17-8-6-7-9-19(17)34-18/h6-9,16,18H,4-5,10-15H2,1-3H3,(H,26,31)(H,28,32,33). The van der Waals surface area contributed by atoms with E-state index in [1.54, 1.807) is 0 Å². The second-order valence-corrected chi connectivity index (χ2v) is 9.32. The lowest BCUT2D eigenvalue weighted by molar-refractivity contribution is -0.121. The van der Waals surface area contributed by atoms with E-state index < -0.39 is 11.2 Å².